The molecule has 5 nitrogen and oxygen atoms in total. The maximum Gasteiger partial charge on any atom is 0.184 e. The first-order valence-corrected chi connectivity index (χ1v) is 8.45. The Balaban J connectivity index is 1.50. The number of aliphatic hydroxyl groups excluding tert-OH is 1. The lowest BCUT2D eigenvalue weighted by molar-refractivity contribution is -0.320. The zero-order valence-electron chi connectivity index (χ0n) is 14.7. The molecule has 0 aromatic heterocycles. The minimum absolute atomic E-state index is 0.289. The van der Waals surface area contributed by atoms with E-state index in [2.05, 4.69) is 0 Å². The maximum atomic E-state index is 10.5. The van der Waals surface area contributed by atoms with Crippen LogP contribution in [0, 0.1) is 0 Å². The molecule has 2 heterocycles. The van der Waals surface area contributed by atoms with Crippen molar-refractivity contribution in [3.05, 3.63) is 71.8 Å². The van der Waals surface area contributed by atoms with Crippen molar-refractivity contribution in [3.8, 4) is 0 Å². The lowest BCUT2D eigenvalue weighted by Gasteiger charge is -2.45. The summed E-state index contributed by atoms with van der Waals surface area (Å²) in [7, 11) is 0. The summed E-state index contributed by atoms with van der Waals surface area (Å²) in [6.45, 7) is -0.464. The number of benzene rings is 2. The molecule has 4 rings (SSSR count). The van der Waals surface area contributed by atoms with E-state index in [1.54, 1.807) is 0 Å². The van der Waals surface area contributed by atoms with Gasteiger partial charge in [-0.1, -0.05) is 60.7 Å². The SMILES string of the molecule is [2H][C@@H]1O[C@@H]2COC(c3ccccc3)O[C@@H]2[C@@H](OCc2ccccc2)[C@H]1O. The highest BCUT2D eigenvalue weighted by atomic mass is 16.7. The molecule has 25 heavy (non-hydrogen) atoms. The van der Waals surface area contributed by atoms with Gasteiger partial charge in [0.25, 0.3) is 0 Å². The Morgan fingerprint density at radius 1 is 1.04 bits per heavy atom. The lowest BCUT2D eigenvalue weighted by atomic mass is 9.98. The summed E-state index contributed by atoms with van der Waals surface area (Å²) >= 11 is 0. The Morgan fingerprint density at radius 3 is 2.52 bits per heavy atom. The van der Waals surface area contributed by atoms with E-state index in [1.807, 2.05) is 60.7 Å². The summed E-state index contributed by atoms with van der Waals surface area (Å²) in [4.78, 5) is 0. The minimum Gasteiger partial charge on any atom is -0.388 e. The van der Waals surface area contributed by atoms with Gasteiger partial charge in [0.05, 0.1) is 21.2 Å². The molecule has 0 amide bonds. The number of aliphatic hydroxyl groups is 1. The number of rotatable bonds is 4. The second kappa shape index (κ2) is 7.64. The van der Waals surface area contributed by atoms with E-state index in [0.717, 1.165) is 11.1 Å². The van der Waals surface area contributed by atoms with Gasteiger partial charge in [0.2, 0.25) is 0 Å². The van der Waals surface area contributed by atoms with E-state index in [0.29, 0.717) is 6.61 Å². The molecule has 0 saturated carbocycles. The minimum atomic E-state index is -1.09. The third kappa shape index (κ3) is 3.76. The van der Waals surface area contributed by atoms with Gasteiger partial charge in [-0.2, -0.15) is 0 Å². The number of ether oxygens (including phenoxy) is 4. The number of hydrogen-bond acceptors (Lipinski definition) is 5. The van der Waals surface area contributed by atoms with Crippen LogP contribution in [0.3, 0.4) is 0 Å². The zero-order valence-corrected chi connectivity index (χ0v) is 13.7. The molecule has 2 fully saturated rings. The summed E-state index contributed by atoms with van der Waals surface area (Å²) in [6.07, 6.45) is -3.24. The quantitative estimate of drug-likeness (QED) is 0.924. The van der Waals surface area contributed by atoms with E-state index in [1.165, 1.54) is 0 Å². The summed E-state index contributed by atoms with van der Waals surface area (Å²) in [6, 6.07) is 19.4. The van der Waals surface area contributed by atoms with Crippen molar-refractivity contribution in [2.75, 3.05) is 13.2 Å². The smallest absolute Gasteiger partial charge is 0.184 e. The Bertz CT molecular complexity index is 698. The van der Waals surface area contributed by atoms with Gasteiger partial charge in [0.1, 0.15) is 24.4 Å². The molecule has 5 heteroatoms. The summed E-state index contributed by atoms with van der Waals surface area (Å²) in [5.74, 6) is 0. The van der Waals surface area contributed by atoms with Gasteiger partial charge < -0.3 is 24.1 Å². The molecular formula is C20H22O5. The second-order valence-corrected chi connectivity index (χ2v) is 6.24. The van der Waals surface area contributed by atoms with Crippen LogP contribution in [0.1, 0.15) is 18.8 Å². The van der Waals surface area contributed by atoms with E-state index < -0.39 is 37.3 Å². The van der Waals surface area contributed by atoms with Crippen molar-refractivity contribution < 1.29 is 25.4 Å². The van der Waals surface area contributed by atoms with E-state index >= 15 is 0 Å². The van der Waals surface area contributed by atoms with Crippen molar-refractivity contribution in [3.63, 3.8) is 0 Å². The van der Waals surface area contributed by atoms with Crippen LogP contribution in [-0.2, 0) is 25.6 Å². The molecule has 132 valence electrons. The molecule has 2 aromatic carbocycles. The fourth-order valence-corrected chi connectivity index (χ4v) is 3.15. The van der Waals surface area contributed by atoms with Crippen LogP contribution in [0.4, 0.5) is 0 Å². The molecule has 2 saturated heterocycles. The zero-order chi connectivity index (χ0) is 17.9. The van der Waals surface area contributed by atoms with Gasteiger partial charge in [-0.05, 0) is 5.56 Å². The average molecular weight is 343 g/mol. The van der Waals surface area contributed by atoms with Gasteiger partial charge in [0, 0.05) is 5.56 Å². The standard InChI is InChI=1S/C20H22O5/c21-16-12-22-17-13-24-20(15-9-5-2-6-10-15)25-19(17)18(16)23-11-14-7-3-1-4-8-14/h1-10,16-21H,11-13H2/t16-,17+,18-,19-,20?/m0/s1/i12D/t12-,16-,17+,18-,19-,20?. The van der Waals surface area contributed by atoms with Crippen molar-refractivity contribution in [2.45, 2.75) is 37.3 Å². The van der Waals surface area contributed by atoms with Crippen LogP contribution < -0.4 is 0 Å². The molecule has 1 N–H and O–H groups in total. The van der Waals surface area contributed by atoms with Crippen LogP contribution in [-0.4, -0.2) is 42.7 Å². The molecule has 2 aliphatic rings. The first-order valence-electron chi connectivity index (χ1n) is 9.03. The fraction of sp³-hybridized carbons (Fsp3) is 0.400. The second-order valence-electron chi connectivity index (χ2n) is 6.24. The molecule has 1 unspecified atom stereocenters. The van der Waals surface area contributed by atoms with Gasteiger partial charge in [-0.15, -0.1) is 0 Å². The van der Waals surface area contributed by atoms with Crippen LogP contribution in [0.2, 0.25) is 0 Å². The van der Waals surface area contributed by atoms with Crippen molar-refractivity contribution in [1.29, 1.82) is 0 Å². The van der Waals surface area contributed by atoms with Gasteiger partial charge in [-0.25, -0.2) is 0 Å². The third-order valence-electron chi connectivity index (χ3n) is 4.47. The Kier molecular flexibility index (Phi) is 4.73. The van der Waals surface area contributed by atoms with Crippen LogP contribution >= 0.6 is 0 Å². The Hall–Kier alpha value is -1.76. The first-order chi connectivity index (χ1) is 12.7. The summed E-state index contributed by atoms with van der Waals surface area (Å²) in [5, 5.41) is 10.5. The molecule has 2 aliphatic heterocycles. The molecule has 6 atom stereocenters. The Labute approximate surface area is 148 Å². The highest BCUT2D eigenvalue weighted by molar-refractivity contribution is 5.17. The van der Waals surface area contributed by atoms with Gasteiger partial charge >= 0.3 is 0 Å². The molecular weight excluding hydrogens is 320 g/mol. The maximum absolute atomic E-state index is 10.5. The van der Waals surface area contributed by atoms with Crippen molar-refractivity contribution >= 4 is 0 Å². The predicted molar refractivity (Wildman–Crippen MR) is 90.8 cm³/mol. The highest BCUT2D eigenvalue weighted by Crippen LogP contribution is 2.33. The third-order valence-corrected chi connectivity index (χ3v) is 4.47. The summed E-state index contributed by atoms with van der Waals surface area (Å²) in [5.41, 5.74) is 1.89. The molecule has 0 bridgehead atoms. The first kappa shape index (κ1) is 15.5. The predicted octanol–water partition coefficient (Wildman–Crippen LogP) is 2.45. The molecule has 0 aliphatic carbocycles. The van der Waals surface area contributed by atoms with E-state index in [-0.39, 0.29) is 6.61 Å². The van der Waals surface area contributed by atoms with Crippen molar-refractivity contribution in [1.82, 2.24) is 0 Å². The Morgan fingerprint density at radius 2 is 1.76 bits per heavy atom. The lowest BCUT2D eigenvalue weighted by Crippen LogP contribution is -2.59. The van der Waals surface area contributed by atoms with Crippen molar-refractivity contribution in [2.24, 2.45) is 0 Å². The van der Waals surface area contributed by atoms with Gasteiger partial charge in [-0.3, -0.25) is 0 Å². The topological polar surface area (TPSA) is 57.2 Å². The highest BCUT2D eigenvalue weighted by Gasteiger charge is 2.45. The number of hydrogen-bond donors (Lipinski definition) is 1. The van der Waals surface area contributed by atoms with E-state index in [9.17, 15) is 5.11 Å². The average Bonchev–Trinajstić information content (AvgIpc) is 2.69. The number of fused-ring (bicyclic) bond motifs is 1. The van der Waals surface area contributed by atoms with Crippen LogP contribution in [0.5, 0.6) is 0 Å². The summed E-state index contributed by atoms with van der Waals surface area (Å²) < 4.78 is 31.3. The van der Waals surface area contributed by atoms with Crippen LogP contribution in [0.15, 0.2) is 60.7 Å². The molecule has 0 spiro atoms. The normalized spacial score (nSPS) is 35.6. The fourth-order valence-electron chi connectivity index (χ4n) is 3.15. The molecule has 2 aromatic rings. The molecule has 0 radical (unpaired) electrons. The van der Waals surface area contributed by atoms with Crippen LogP contribution in [0.25, 0.3) is 0 Å². The van der Waals surface area contributed by atoms with E-state index in [4.69, 9.17) is 20.3 Å². The van der Waals surface area contributed by atoms with Gasteiger partial charge in [0.15, 0.2) is 6.29 Å². The monoisotopic (exact) mass is 343 g/mol. The largest absolute Gasteiger partial charge is 0.388 e.